The molecule has 2 aromatic carbocycles. The molecule has 29 heavy (non-hydrogen) atoms. The lowest BCUT2D eigenvalue weighted by molar-refractivity contribution is -0.116. The highest BCUT2D eigenvalue weighted by atomic mass is 16.5. The van der Waals surface area contributed by atoms with Gasteiger partial charge >= 0.3 is 5.97 Å². The average molecular weight is 394 g/mol. The minimum Gasteiger partial charge on any atom is -0.459 e. The number of benzene rings is 2. The normalized spacial score (nSPS) is 14.6. The highest BCUT2D eigenvalue weighted by Crippen LogP contribution is 2.22. The zero-order valence-corrected chi connectivity index (χ0v) is 17.4. The van der Waals surface area contributed by atoms with Crippen molar-refractivity contribution in [2.24, 2.45) is 0 Å². The Labute approximate surface area is 173 Å². The van der Waals surface area contributed by atoms with E-state index in [1.54, 1.807) is 24.3 Å². The van der Waals surface area contributed by atoms with Crippen molar-refractivity contribution in [3.63, 3.8) is 0 Å². The van der Waals surface area contributed by atoms with Crippen LogP contribution in [0.5, 0.6) is 0 Å². The predicted octanol–water partition coefficient (Wildman–Crippen LogP) is 5.87. The van der Waals surface area contributed by atoms with Crippen LogP contribution in [0.1, 0.15) is 79.8 Å². The number of carbonyl (C=O) groups excluding carboxylic acids is 2. The van der Waals surface area contributed by atoms with Gasteiger partial charge in [-0.3, -0.25) is 4.79 Å². The number of anilines is 1. The lowest BCUT2D eigenvalue weighted by Crippen LogP contribution is -2.21. The Morgan fingerprint density at radius 1 is 0.966 bits per heavy atom. The molecule has 2 aromatic rings. The van der Waals surface area contributed by atoms with Gasteiger partial charge in [-0.25, -0.2) is 4.79 Å². The van der Waals surface area contributed by atoms with Gasteiger partial charge < -0.3 is 10.1 Å². The van der Waals surface area contributed by atoms with Gasteiger partial charge in [-0.2, -0.15) is 0 Å². The molecule has 4 heteroatoms. The van der Waals surface area contributed by atoms with E-state index in [0.29, 0.717) is 30.0 Å². The molecular formula is C25H31NO3. The molecular weight excluding hydrogens is 362 g/mol. The van der Waals surface area contributed by atoms with E-state index in [2.05, 4.69) is 43.4 Å². The molecule has 1 aliphatic rings. The van der Waals surface area contributed by atoms with E-state index in [9.17, 15) is 9.59 Å². The molecule has 1 aliphatic carbocycles. The first kappa shape index (κ1) is 21.1. The number of amides is 1. The third-order valence-corrected chi connectivity index (χ3v) is 5.52. The maximum absolute atomic E-state index is 12.3. The molecule has 4 nitrogen and oxygen atoms in total. The number of rotatable bonds is 7. The fourth-order valence-electron chi connectivity index (χ4n) is 3.64. The summed E-state index contributed by atoms with van der Waals surface area (Å²) in [5.41, 5.74) is 3.68. The lowest BCUT2D eigenvalue weighted by Gasteiger charge is -2.21. The molecule has 0 bridgehead atoms. The van der Waals surface area contributed by atoms with E-state index in [4.69, 9.17) is 4.74 Å². The van der Waals surface area contributed by atoms with E-state index in [1.165, 1.54) is 12.0 Å². The monoisotopic (exact) mass is 393 g/mol. The van der Waals surface area contributed by atoms with E-state index in [-0.39, 0.29) is 18.0 Å². The smallest absolute Gasteiger partial charge is 0.338 e. The van der Waals surface area contributed by atoms with Crippen molar-refractivity contribution >= 4 is 17.6 Å². The zero-order chi connectivity index (χ0) is 20.6. The minimum absolute atomic E-state index is 0.0320. The molecule has 0 atom stereocenters. The number of hydrogen-bond acceptors (Lipinski definition) is 3. The molecule has 0 radical (unpaired) electrons. The van der Waals surface area contributed by atoms with Crippen LogP contribution in [-0.4, -0.2) is 18.0 Å². The molecule has 0 spiro atoms. The van der Waals surface area contributed by atoms with Gasteiger partial charge in [0.15, 0.2) is 0 Å². The number of hydrogen-bond donors (Lipinski definition) is 1. The Kier molecular flexibility index (Phi) is 7.45. The number of aryl methyl sites for hydroxylation is 1. The van der Waals surface area contributed by atoms with Crippen LogP contribution in [0.3, 0.4) is 0 Å². The van der Waals surface area contributed by atoms with Crippen LogP contribution in [0.4, 0.5) is 5.69 Å². The van der Waals surface area contributed by atoms with Gasteiger partial charge in [0.25, 0.3) is 0 Å². The number of ether oxygens (including phenoxy) is 1. The van der Waals surface area contributed by atoms with Crippen molar-refractivity contribution < 1.29 is 14.3 Å². The Balaban J connectivity index is 1.46. The minimum atomic E-state index is -0.278. The van der Waals surface area contributed by atoms with Crippen molar-refractivity contribution in [1.29, 1.82) is 0 Å². The maximum Gasteiger partial charge on any atom is 0.338 e. The van der Waals surface area contributed by atoms with Crippen molar-refractivity contribution in [1.82, 2.24) is 0 Å². The third-order valence-electron chi connectivity index (χ3n) is 5.52. The van der Waals surface area contributed by atoms with Crippen LogP contribution in [0.25, 0.3) is 0 Å². The van der Waals surface area contributed by atoms with Crippen LogP contribution >= 0.6 is 0 Å². The van der Waals surface area contributed by atoms with Gasteiger partial charge in [-0.05, 0) is 73.4 Å². The molecule has 1 amide bonds. The first-order valence-electron chi connectivity index (χ1n) is 10.7. The fraction of sp³-hybridized carbons (Fsp3) is 0.440. The van der Waals surface area contributed by atoms with E-state index in [0.717, 1.165) is 31.2 Å². The zero-order valence-electron chi connectivity index (χ0n) is 17.4. The first-order valence-corrected chi connectivity index (χ1v) is 10.7. The third kappa shape index (κ3) is 6.45. The van der Waals surface area contributed by atoms with Crippen molar-refractivity contribution in [2.75, 3.05) is 5.32 Å². The van der Waals surface area contributed by atoms with Gasteiger partial charge in [-0.1, -0.05) is 44.5 Å². The molecule has 1 N–H and O–H groups in total. The standard InChI is InChI=1S/C25H31NO3/c1-18(2)20-11-8-19(9-12-20)10-17-24(27)26-22-15-13-21(14-16-22)25(28)29-23-6-4-3-5-7-23/h8-9,11-16,18,23H,3-7,10,17H2,1-2H3,(H,26,27). The molecule has 0 aliphatic heterocycles. The summed E-state index contributed by atoms with van der Waals surface area (Å²) in [6, 6.07) is 15.4. The summed E-state index contributed by atoms with van der Waals surface area (Å²) in [6.07, 6.45) is 6.58. The molecule has 0 aromatic heterocycles. The largest absolute Gasteiger partial charge is 0.459 e. The summed E-state index contributed by atoms with van der Waals surface area (Å²) >= 11 is 0. The van der Waals surface area contributed by atoms with Gasteiger partial charge in [0.05, 0.1) is 5.56 Å². The topological polar surface area (TPSA) is 55.4 Å². The Morgan fingerprint density at radius 2 is 1.62 bits per heavy atom. The summed E-state index contributed by atoms with van der Waals surface area (Å²) in [5.74, 6) is 0.199. The Morgan fingerprint density at radius 3 is 2.24 bits per heavy atom. The van der Waals surface area contributed by atoms with Crippen LogP contribution in [0.2, 0.25) is 0 Å². The van der Waals surface area contributed by atoms with Gasteiger partial charge in [-0.15, -0.1) is 0 Å². The number of nitrogens with one attached hydrogen (secondary N) is 1. The maximum atomic E-state index is 12.3. The number of carbonyl (C=O) groups is 2. The summed E-state index contributed by atoms with van der Waals surface area (Å²) in [5, 5.41) is 2.90. The first-order chi connectivity index (χ1) is 14.0. The second-order valence-electron chi connectivity index (χ2n) is 8.19. The lowest BCUT2D eigenvalue weighted by atomic mass is 9.98. The summed E-state index contributed by atoms with van der Waals surface area (Å²) in [4.78, 5) is 24.5. The molecule has 1 saturated carbocycles. The molecule has 0 heterocycles. The SMILES string of the molecule is CC(C)c1ccc(CCC(=O)Nc2ccc(C(=O)OC3CCCCC3)cc2)cc1. The molecule has 154 valence electrons. The fourth-order valence-corrected chi connectivity index (χ4v) is 3.64. The van der Waals surface area contributed by atoms with Crippen molar-refractivity contribution in [3.05, 3.63) is 65.2 Å². The summed E-state index contributed by atoms with van der Waals surface area (Å²) in [6.45, 7) is 4.34. The molecule has 1 fully saturated rings. The van der Waals surface area contributed by atoms with Gasteiger partial charge in [0.1, 0.15) is 6.10 Å². The van der Waals surface area contributed by atoms with Crippen LogP contribution in [-0.2, 0) is 16.0 Å². The highest BCUT2D eigenvalue weighted by molar-refractivity contribution is 5.93. The van der Waals surface area contributed by atoms with Gasteiger partial charge in [0.2, 0.25) is 5.91 Å². The molecule has 0 saturated heterocycles. The molecule has 0 unspecified atom stereocenters. The van der Waals surface area contributed by atoms with E-state index < -0.39 is 0 Å². The van der Waals surface area contributed by atoms with Crippen LogP contribution in [0, 0.1) is 0 Å². The second kappa shape index (κ2) is 10.2. The summed E-state index contributed by atoms with van der Waals surface area (Å²) in [7, 11) is 0. The van der Waals surface area contributed by atoms with Crippen molar-refractivity contribution in [2.45, 2.75) is 70.8 Å². The quantitative estimate of drug-likeness (QED) is 0.599. The van der Waals surface area contributed by atoms with Crippen LogP contribution in [0.15, 0.2) is 48.5 Å². The number of esters is 1. The van der Waals surface area contributed by atoms with Crippen molar-refractivity contribution in [3.8, 4) is 0 Å². The second-order valence-corrected chi connectivity index (χ2v) is 8.19. The van der Waals surface area contributed by atoms with Crippen LogP contribution < -0.4 is 5.32 Å². The average Bonchev–Trinajstić information content (AvgIpc) is 2.74. The Hall–Kier alpha value is -2.62. The summed E-state index contributed by atoms with van der Waals surface area (Å²) < 4.78 is 5.58. The van der Waals surface area contributed by atoms with E-state index >= 15 is 0 Å². The van der Waals surface area contributed by atoms with E-state index in [1.807, 2.05) is 0 Å². The van der Waals surface area contributed by atoms with Gasteiger partial charge in [0, 0.05) is 12.1 Å². The molecule has 3 rings (SSSR count). The Bertz CT molecular complexity index is 803. The highest BCUT2D eigenvalue weighted by Gasteiger charge is 2.18. The predicted molar refractivity (Wildman–Crippen MR) is 116 cm³/mol.